The zero-order valence-corrected chi connectivity index (χ0v) is 9.94. The van der Waals surface area contributed by atoms with Crippen LogP contribution in [0.3, 0.4) is 0 Å². The van der Waals surface area contributed by atoms with Crippen molar-refractivity contribution in [1.82, 2.24) is 0 Å². The summed E-state index contributed by atoms with van der Waals surface area (Å²) in [7, 11) is 0. The van der Waals surface area contributed by atoms with E-state index in [0.717, 1.165) is 12.1 Å². The van der Waals surface area contributed by atoms with Gasteiger partial charge in [-0.1, -0.05) is 18.5 Å². The summed E-state index contributed by atoms with van der Waals surface area (Å²) in [4.78, 5) is 0. The van der Waals surface area contributed by atoms with Gasteiger partial charge in [0.2, 0.25) is 0 Å². The lowest BCUT2D eigenvalue weighted by Gasteiger charge is -2.13. The minimum atomic E-state index is -4.40. The van der Waals surface area contributed by atoms with Crippen LogP contribution in [0.5, 0.6) is 0 Å². The van der Waals surface area contributed by atoms with E-state index in [4.69, 9.17) is 11.6 Å². The molecule has 0 saturated carbocycles. The summed E-state index contributed by atoms with van der Waals surface area (Å²) in [6, 6.07) is 3.07. The number of nitrogens with one attached hydrogen (secondary N) is 1. The van der Waals surface area contributed by atoms with Gasteiger partial charge in [0.1, 0.15) is 0 Å². The summed E-state index contributed by atoms with van der Waals surface area (Å²) >= 11 is 5.72. The first-order valence-electron chi connectivity index (χ1n) is 5.13. The van der Waals surface area contributed by atoms with Crippen molar-refractivity contribution in [3.8, 4) is 0 Å². The second-order valence-corrected chi connectivity index (χ2v) is 4.04. The van der Waals surface area contributed by atoms with Crippen LogP contribution < -0.4 is 5.32 Å². The maximum Gasteiger partial charge on any atom is 0.416 e. The molecular weight excluding hydrogens is 255 g/mol. The Kier molecular flexibility index (Phi) is 4.65. The predicted octanol–water partition coefficient (Wildman–Crippen LogP) is 3.54. The largest absolute Gasteiger partial charge is 0.416 e. The minimum Gasteiger partial charge on any atom is -0.391 e. The number of hydrogen-bond donors (Lipinski definition) is 2. The molecule has 0 aromatic heterocycles. The summed E-state index contributed by atoms with van der Waals surface area (Å²) in [5.74, 6) is 0. The molecule has 0 saturated heterocycles. The van der Waals surface area contributed by atoms with Crippen molar-refractivity contribution in [3.63, 3.8) is 0 Å². The van der Waals surface area contributed by atoms with Crippen molar-refractivity contribution in [1.29, 1.82) is 0 Å². The van der Waals surface area contributed by atoms with Gasteiger partial charge >= 0.3 is 6.18 Å². The Morgan fingerprint density at radius 1 is 1.41 bits per heavy atom. The zero-order chi connectivity index (χ0) is 13.1. The molecule has 1 rings (SSSR count). The van der Waals surface area contributed by atoms with Crippen molar-refractivity contribution < 1.29 is 18.3 Å². The van der Waals surface area contributed by atoms with Crippen LogP contribution in [0.25, 0.3) is 0 Å². The third kappa shape index (κ3) is 4.09. The molecule has 0 spiro atoms. The van der Waals surface area contributed by atoms with E-state index in [1.807, 2.05) is 0 Å². The van der Waals surface area contributed by atoms with Gasteiger partial charge in [-0.15, -0.1) is 0 Å². The van der Waals surface area contributed by atoms with Crippen molar-refractivity contribution in [3.05, 3.63) is 28.8 Å². The molecule has 1 aromatic rings. The van der Waals surface area contributed by atoms with E-state index in [1.54, 1.807) is 6.92 Å². The van der Waals surface area contributed by atoms with Gasteiger partial charge in [0.05, 0.1) is 22.4 Å². The second kappa shape index (κ2) is 5.60. The summed E-state index contributed by atoms with van der Waals surface area (Å²) in [6.45, 7) is 2.06. The number of halogens is 4. The smallest absolute Gasteiger partial charge is 0.391 e. The van der Waals surface area contributed by atoms with Gasteiger partial charge in [0, 0.05) is 6.54 Å². The van der Waals surface area contributed by atoms with Crippen LogP contribution >= 0.6 is 11.6 Å². The minimum absolute atomic E-state index is 0.0110. The molecule has 0 fully saturated rings. The Bertz CT molecular complexity index is 381. The first-order chi connectivity index (χ1) is 7.84. The first kappa shape index (κ1) is 14.1. The Labute approximate surface area is 102 Å². The lowest BCUT2D eigenvalue weighted by atomic mass is 10.2. The number of aliphatic hydroxyl groups is 1. The fourth-order valence-electron chi connectivity index (χ4n) is 1.21. The molecule has 2 N–H and O–H groups in total. The van der Waals surface area contributed by atoms with Crippen LogP contribution in [0, 0.1) is 0 Å². The molecule has 1 unspecified atom stereocenters. The Morgan fingerprint density at radius 3 is 2.53 bits per heavy atom. The van der Waals surface area contributed by atoms with Crippen molar-refractivity contribution in [2.45, 2.75) is 25.6 Å². The van der Waals surface area contributed by atoms with Crippen molar-refractivity contribution in [2.75, 3.05) is 11.9 Å². The number of benzene rings is 1. The van der Waals surface area contributed by atoms with E-state index in [1.165, 1.54) is 6.07 Å². The highest BCUT2D eigenvalue weighted by Gasteiger charge is 2.30. The lowest BCUT2D eigenvalue weighted by molar-refractivity contribution is -0.137. The predicted molar refractivity (Wildman–Crippen MR) is 61.2 cm³/mol. The molecule has 0 heterocycles. The van der Waals surface area contributed by atoms with Crippen LogP contribution in [-0.4, -0.2) is 17.8 Å². The van der Waals surface area contributed by atoms with E-state index >= 15 is 0 Å². The lowest BCUT2D eigenvalue weighted by Crippen LogP contribution is -2.18. The van der Waals surface area contributed by atoms with Gasteiger partial charge in [-0.3, -0.25) is 0 Å². The highest BCUT2D eigenvalue weighted by Crippen LogP contribution is 2.33. The molecule has 0 aliphatic carbocycles. The van der Waals surface area contributed by atoms with E-state index in [0.29, 0.717) is 12.1 Å². The molecule has 1 atom stereocenters. The highest BCUT2D eigenvalue weighted by molar-refractivity contribution is 6.33. The van der Waals surface area contributed by atoms with Crippen molar-refractivity contribution >= 4 is 17.3 Å². The topological polar surface area (TPSA) is 32.3 Å². The molecular formula is C11H13ClF3NO. The summed E-state index contributed by atoms with van der Waals surface area (Å²) in [5, 5.41) is 12.1. The Morgan fingerprint density at radius 2 is 2.06 bits per heavy atom. The molecule has 0 aliphatic rings. The van der Waals surface area contributed by atoms with E-state index in [2.05, 4.69) is 5.32 Å². The fraction of sp³-hybridized carbons (Fsp3) is 0.455. The first-order valence-corrected chi connectivity index (χ1v) is 5.51. The van der Waals surface area contributed by atoms with Gasteiger partial charge in [-0.05, 0) is 24.6 Å². The Balaban J connectivity index is 2.77. The fourth-order valence-corrected chi connectivity index (χ4v) is 1.45. The quantitative estimate of drug-likeness (QED) is 0.874. The maximum absolute atomic E-state index is 12.3. The van der Waals surface area contributed by atoms with Crippen LogP contribution in [0.15, 0.2) is 18.2 Å². The summed E-state index contributed by atoms with van der Waals surface area (Å²) in [6.07, 6.45) is -4.38. The Hall–Kier alpha value is -0.940. The zero-order valence-electron chi connectivity index (χ0n) is 9.18. The molecule has 1 aromatic carbocycles. The van der Waals surface area contributed by atoms with E-state index in [9.17, 15) is 18.3 Å². The number of aliphatic hydroxyl groups excluding tert-OH is 1. The third-order valence-electron chi connectivity index (χ3n) is 2.30. The molecule has 0 bridgehead atoms. The summed E-state index contributed by atoms with van der Waals surface area (Å²) in [5.41, 5.74) is -0.406. The van der Waals surface area contributed by atoms with Gasteiger partial charge < -0.3 is 10.4 Å². The SMILES string of the molecule is CCC(O)CNc1ccc(C(F)(F)F)cc1Cl. The van der Waals surface area contributed by atoms with Gasteiger partial charge in [-0.25, -0.2) is 0 Å². The third-order valence-corrected chi connectivity index (χ3v) is 2.61. The molecule has 0 radical (unpaired) electrons. The number of anilines is 1. The number of alkyl halides is 3. The number of hydrogen-bond acceptors (Lipinski definition) is 2. The highest BCUT2D eigenvalue weighted by atomic mass is 35.5. The van der Waals surface area contributed by atoms with Crippen molar-refractivity contribution in [2.24, 2.45) is 0 Å². The molecule has 0 aliphatic heterocycles. The summed E-state index contributed by atoms with van der Waals surface area (Å²) < 4.78 is 37.0. The monoisotopic (exact) mass is 267 g/mol. The average molecular weight is 268 g/mol. The normalized spacial score (nSPS) is 13.5. The van der Waals surface area contributed by atoms with Crippen LogP contribution in [-0.2, 0) is 6.18 Å². The molecule has 96 valence electrons. The van der Waals surface area contributed by atoms with E-state index < -0.39 is 17.8 Å². The van der Waals surface area contributed by atoms with Crippen LogP contribution in [0.1, 0.15) is 18.9 Å². The molecule has 2 nitrogen and oxygen atoms in total. The van der Waals surface area contributed by atoms with Gasteiger partial charge in [0.25, 0.3) is 0 Å². The molecule has 0 amide bonds. The molecule has 6 heteroatoms. The van der Waals surface area contributed by atoms with Gasteiger partial charge in [-0.2, -0.15) is 13.2 Å². The maximum atomic E-state index is 12.3. The average Bonchev–Trinajstić information content (AvgIpc) is 2.25. The standard InChI is InChI=1S/C11H13ClF3NO/c1-2-8(17)6-16-10-4-3-7(5-9(10)12)11(13,14)15/h3-5,8,16-17H,2,6H2,1H3. The molecule has 17 heavy (non-hydrogen) atoms. The second-order valence-electron chi connectivity index (χ2n) is 3.64. The van der Waals surface area contributed by atoms with Crippen LogP contribution in [0.2, 0.25) is 5.02 Å². The van der Waals surface area contributed by atoms with E-state index in [-0.39, 0.29) is 11.6 Å². The number of rotatable bonds is 4. The van der Waals surface area contributed by atoms with Crippen LogP contribution in [0.4, 0.5) is 18.9 Å². The van der Waals surface area contributed by atoms with Gasteiger partial charge in [0.15, 0.2) is 0 Å².